The van der Waals surface area contributed by atoms with Gasteiger partial charge in [0.25, 0.3) is 0 Å². The lowest BCUT2D eigenvalue weighted by atomic mass is 10.0. The predicted octanol–water partition coefficient (Wildman–Crippen LogP) is 1.43. The van der Waals surface area contributed by atoms with Gasteiger partial charge < -0.3 is 20.6 Å². The summed E-state index contributed by atoms with van der Waals surface area (Å²) in [7, 11) is 2.20. The first kappa shape index (κ1) is 18.2. The third kappa shape index (κ3) is 7.14. The summed E-state index contributed by atoms with van der Waals surface area (Å²) in [6, 6.07) is 0.623. The van der Waals surface area contributed by atoms with Crippen LogP contribution < -0.4 is 10.6 Å². The molecule has 0 spiro atoms. The zero-order valence-electron chi connectivity index (χ0n) is 14.1. The average Bonchev–Trinajstić information content (AvgIpc) is 2.87. The van der Waals surface area contributed by atoms with Crippen LogP contribution in [-0.2, 0) is 0 Å². The lowest BCUT2D eigenvalue weighted by molar-refractivity contribution is 0.253. The molecular weight excluding hydrogens is 264 g/mol. The Balaban J connectivity index is 2.43. The molecule has 0 aromatic rings. The van der Waals surface area contributed by atoms with Crippen LogP contribution in [0.5, 0.6) is 0 Å². The van der Waals surface area contributed by atoms with Crippen molar-refractivity contribution >= 4 is 5.96 Å². The van der Waals surface area contributed by atoms with E-state index in [9.17, 15) is 0 Å². The number of nitrogens with one attached hydrogen (secondary N) is 2. The maximum absolute atomic E-state index is 9.12. The van der Waals surface area contributed by atoms with E-state index in [1.165, 1.54) is 19.4 Å². The fraction of sp³-hybridized carbons (Fsp3) is 0.938. The molecule has 0 aromatic heterocycles. The van der Waals surface area contributed by atoms with E-state index in [0.29, 0.717) is 12.0 Å². The van der Waals surface area contributed by atoms with Gasteiger partial charge in [-0.2, -0.15) is 0 Å². The summed E-state index contributed by atoms with van der Waals surface area (Å²) in [5.74, 6) is 1.40. The van der Waals surface area contributed by atoms with Crippen LogP contribution in [0.2, 0.25) is 0 Å². The summed E-state index contributed by atoms with van der Waals surface area (Å²) >= 11 is 0. The fourth-order valence-electron chi connectivity index (χ4n) is 2.93. The lowest BCUT2D eigenvalue weighted by Gasteiger charge is -2.21. The molecule has 2 atom stereocenters. The molecule has 124 valence electrons. The minimum Gasteiger partial charge on any atom is -0.396 e. The molecule has 1 heterocycles. The molecule has 0 aromatic carbocycles. The van der Waals surface area contributed by atoms with Crippen molar-refractivity contribution in [2.24, 2.45) is 10.9 Å². The van der Waals surface area contributed by atoms with E-state index >= 15 is 0 Å². The summed E-state index contributed by atoms with van der Waals surface area (Å²) in [6.07, 6.45) is 5.70. The second kappa shape index (κ2) is 10.9. The van der Waals surface area contributed by atoms with Crippen molar-refractivity contribution in [1.82, 2.24) is 15.5 Å². The van der Waals surface area contributed by atoms with Gasteiger partial charge in [-0.1, -0.05) is 13.3 Å². The highest BCUT2D eigenvalue weighted by Gasteiger charge is 2.20. The molecule has 0 amide bonds. The SMILES string of the molecule is CCCC(CCO)CN=C(NCC)NCC1CCCN1C. The van der Waals surface area contributed by atoms with E-state index in [-0.39, 0.29) is 6.61 Å². The standard InChI is InChI=1S/C16H34N4O/c1-4-7-14(9-11-21)12-18-16(17-5-2)19-13-15-8-6-10-20(15)3/h14-15,21H,4-13H2,1-3H3,(H2,17,18,19). The Hall–Kier alpha value is -0.810. The molecule has 0 saturated carbocycles. The van der Waals surface area contributed by atoms with E-state index in [2.05, 4.69) is 36.4 Å². The van der Waals surface area contributed by atoms with Gasteiger partial charge in [0, 0.05) is 32.3 Å². The Morgan fingerprint density at radius 1 is 1.33 bits per heavy atom. The van der Waals surface area contributed by atoms with Gasteiger partial charge in [-0.05, 0) is 52.1 Å². The number of likely N-dealkylation sites (N-methyl/N-ethyl adjacent to an activating group) is 1. The van der Waals surface area contributed by atoms with E-state index in [1.54, 1.807) is 0 Å². The number of hydrogen-bond acceptors (Lipinski definition) is 3. The molecule has 3 N–H and O–H groups in total. The second-order valence-corrected chi connectivity index (χ2v) is 6.04. The average molecular weight is 298 g/mol. The second-order valence-electron chi connectivity index (χ2n) is 6.04. The van der Waals surface area contributed by atoms with Crippen LogP contribution in [0.25, 0.3) is 0 Å². The van der Waals surface area contributed by atoms with Gasteiger partial charge in [-0.25, -0.2) is 0 Å². The molecule has 1 aliphatic heterocycles. The first-order chi connectivity index (χ1) is 10.2. The number of aliphatic hydroxyl groups is 1. The number of likely N-dealkylation sites (tertiary alicyclic amines) is 1. The molecule has 1 saturated heterocycles. The molecule has 5 heteroatoms. The quantitative estimate of drug-likeness (QED) is 0.445. The van der Waals surface area contributed by atoms with Crippen molar-refractivity contribution < 1.29 is 5.11 Å². The Morgan fingerprint density at radius 2 is 2.14 bits per heavy atom. The maximum Gasteiger partial charge on any atom is 0.191 e. The van der Waals surface area contributed by atoms with Crippen LogP contribution in [0.3, 0.4) is 0 Å². The number of guanidine groups is 1. The third-order valence-electron chi connectivity index (χ3n) is 4.26. The summed E-state index contributed by atoms with van der Waals surface area (Å²) in [5.41, 5.74) is 0. The van der Waals surface area contributed by atoms with Gasteiger partial charge >= 0.3 is 0 Å². The summed E-state index contributed by atoms with van der Waals surface area (Å²) in [6.45, 7) is 8.38. The van der Waals surface area contributed by atoms with Crippen molar-refractivity contribution in [2.45, 2.75) is 52.0 Å². The van der Waals surface area contributed by atoms with Crippen LogP contribution in [0, 0.1) is 5.92 Å². The third-order valence-corrected chi connectivity index (χ3v) is 4.26. The van der Waals surface area contributed by atoms with Crippen LogP contribution >= 0.6 is 0 Å². The van der Waals surface area contributed by atoms with Crippen molar-refractivity contribution in [2.75, 3.05) is 39.8 Å². The Bertz CT molecular complexity index is 290. The predicted molar refractivity (Wildman–Crippen MR) is 89.7 cm³/mol. The maximum atomic E-state index is 9.12. The van der Waals surface area contributed by atoms with Gasteiger partial charge in [-0.15, -0.1) is 0 Å². The van der Waals surface area contributed by atoms with Crippen LogP contribution in [0.4, 0.5) is 0 Å². The Morgan fingerprint density at radius 3 is 2.71 bits per heavy atom. The first-order valence-electron chi connectivity index (χ1n) is 8.54. The Kier molecular flexibility index (Phi) is 9.42. The molecule has 5 nitrogen and oxygen atoms in total. The molecule has 0 radical (unpaired) electrons. The van der Waals surface area contributed by atoms with Crippen molar-refractivity contribution in [3.8, 4) is 0 Å². The van der Waals surface area contributed by atoms with Crippen LogP contribution in [0.1, 0.15) is 46.0 Å². The molecule has 1 fully saturated rings. The normalized spacial score (nSPS) is 21.5. The van der Waals surface area contributed by atoms with Gasteiger partial charge in [0.2, 0.25) is 0 Å². The molecular formula is C16H34N4O. The summed E-state index contributed by atoms with van der Waals surface area (Å²) < 4.78 is 0. The van der Waals surface area contributed by atoms with Gasteiger partial charge in [0.1, 0.15) is 0 Å². The van der Waals surface area contributed by atoms with E-state index < -0.39 is 0 Å². The van der Waals surface area contributed by atoms with Gasteiger partial charge in [0.15, 0.2) is 5.96 Å². The van der Waals surface area contributed by atoms with Gasteiger partial charge in [0.05, 0.1) is 0 Å². The number of hydrogen-bond donors (Lipinski definition) is 3. The van der Waals surface area contributed by atoms with Crippen molar-refractivity contribution in [1.29, 1.82) is 0 Å². The minimum atomic E-state index is 0.261. The highest BCUT2D eigenvalue weighted by Crippen LogP contribution is 2.13. The summed E-state index contributed by atoms with van der Waals surface area (Å²) in [4.78, 5) is 7.12. The minimum absolute atomic E-state index is 0.261. The number of aliphatic imine (C=N–C) groups is 1. The topological polar surface area (TPSA) is 59.9 Å². The van der Waals surface area contributed by atoms with Crippen LogP contribution in [0.15, 0.2) is 4.99 Å². The molecule has 21 heavy (non-hydrogen) atoms. The van der Waals surface area contributed by atoms with E-state index in [0.717, 1.165) is 44.9 Å². The van der Waals surface area contributed by atoms with E-state index in [4.69, 9.17) is 10.1 Å². The monoisotopic (exact) mass is 298 g/mol. The number of aliphatic hydroxyl groups excluding tert-OH is 1. The molecule has 1 rings (SSSR count). The largest absolute Gasteiger partial charge is 0.396 e. The highest BCUT2D eigenvalue weighted by molar-refractivity contribution is 5.79. The fourth-order valence-corrected chi connectivity index (χ4v) is 2.93. The lowest BCUT2D eigenvalue weighted by Crippen LogP contribution is -2.44. The Labute approximate surface area is 130 Å². The van der Waals surface area contributed by atoms with Gasteiger partial charge in [-0.3, -0.25) is 4.99 Å². The molecule has 2 unspecified atom stereocenters. The van der Waals surface area contributed by atoms with Crippen LogP contribution in [-0.4, -0.2) is 61.8 Å². The molecule has 0 aliphatic carbocycles. The number of rotatable bonds is 9. The zero-order chi connectivity index (χ0) is 15.5. The first-order valence-corrected chi connectivity index (χ1v) is 8.54. The van der Waals surface area contributed by atoms with Crippen molar-refractivity contribution in [3.63, 3.8) is 0 Å². The summed E-state index contributed by atoms with van der Waals surface area (Å²) in [5, 5.41) is 15.9. The van der Waals surface area contributed by atoms with Crippen molar-refractivity contribution in [3.05, 3.63) is 0 Å². The van der Waals surface area contributed by atoms with E-state index in [1.807, 2.05) is 0 Å². The smallest absolute Gasteiger partial charge is 0.191 e. The zero-order valence-corrected chi connectivity index (χ0v) is 14.1. The highest BCUT2D eigenvalue weighted by atomic mass is 16.3. The molecule has 1 aliphatic rings. The number of nitrogens with zero attached hydrogens (tertiary/aromatic N) is 2. The molecule has 0 bridgehead atoms.